The van der Waals surface area contributed by atoms with Crippen LogP contribution in [0.15, 0.2) is 42.6 Å². The molecule has 8 heteroatoms. The Balaban J connectivity index is 1.91. The quantitative estimate of drug-likeness (QED) is 0.421. The van der Waals surface area contributed by atoms with E-state index >= 15 is 4.39 Å². The number of aromatic nitrogens is 1. The normalized spacial score (nSPS) is 11.3. The molecular weight excluding hydrogens is 428 g/mol. The summed E-state index contributed by atoms with van der Waals surface area (Å²) in [6.45, 7) is 1.95. The van der Waals surface area contributed by atoms with Crippen LogP contribution < -0.4 is 20.5 Å². The van der Waals surface area contributed by atoms with Gasteiger partial charge >= 0.3 is 0 Å². The summed E-state index contributed by atoms with van der Waals surface area (Å²) in [5, 5.41) is 3.28. The molecule has 0 saturated carbocycles. The summed E-state index contributed by atoms with van der Waals surface area (Å²) in [6, 6.07) is 10.6. The molecule has 156 valence electrons. The molecular formula is C22H20Cl2FN3O2. The third-order valence-corrected chi connectivity index (χ3v) is 5.20. The van der Waals surface area contributed by atoms with Gasteiger partial charge in [0.05, 0.1) is 41.2 Å². The fraction of sp³-hybridized carbons (Fsp3) is 0.136. The number of ether oxygens (including phenoxy) is 2. The molecule has 3 aromatic rings. The summed E-state index contributed by atoms with van der Waals surface area (Å²) in [5.74, 6) is 0.440. The number of methoxy groups -OCH3 is 2. The summed E-state index contributed by atoms with van der Waals surface area (Å²) in [6.07, 6.45) is 2.81. The number of rotatable bonds is 6. The number of para-hydroxylation sites is 1. The molecule has 2 aromatic carbocycles. The first-order valence-corrected chi connectivity index (χ1v) is 9.67. The van der Waals surface area contributed by atoms with Gasteiger partial charge < -0.3 is 20.5 Å². The smallest absolute Gasteiger partial charge is 0.141 e. The van der Waals surface area contributed by atoms with E-state index < -0.39 is 5.83 Å². The molecule has 0 saturated heterocycles. The lowest BCUT2D eigenvalue weighted by Crippen LogP contribution is -2.00. The zero-order valence-corrected chi connectivity index (χ0v) is 18.1. The van der Waals surface area contributed by atoms with E-state index in [1.807, 2.05) is 19.1 Å². The molecule has 0 aliphatic rings. The molecule has 0 aliphatic heterocycles. The van der Waals surface area contributed by atoms with Crippen molar-refractivity contribution >= 4 is 52.3 Å². The SMILES string of the molecule is COc1cc(OC)c(Cl)c(/C(F)=C/c2ccc(Nc3c(C)cccc3N)nc2)c1Cl. The molecule has 0 unspecified atom stereocenters. The van der Waals surface area contributed by atoms with E-state index in [0.29, 0.717) is 17.1 Å². The number of nitrogens with one attached hydrogen (secondary N) is 1. The highest BCUT2D eigenvalue weighted by molar-refractivity contribution is 6.39. The highest BCUT2D eigenvalue weighted by Gasteiger charge is 2.20. The number of pyridine rings is 1. The second kappa shape index (κ2) is 9.24. The zero-order valence-electron chi connectivity index (χ0n) is 16.6. The lowest BCUT2D eigenvalue weighted by molar-refractivity contribution is 0.394. The van der Waals surface area contributed by atoms with Crippen molar-refractivity contribution in [3.05, 3.63) is 69.3 Å². The van der Waals surface area contributed by atoms with Gasteiger partial charge in [0.2, 0.25) is 0 Å². The molecule has 0 radical (unpaired) electrons. The van der Waals surface area contributed by atoms with Crippen LogP contribution >= 0.6 is 23.2 Å². The van der Waals surface area contributed by atoms with E-state index in [2.05, 4.69) is 10.3 Å². The Labute approximate surface area is 184 Å². The number of nitrogen functional groups attached to an aromatic ring is 1. The number of benzene rings is 2. The Kier molecular flexibility index (Phi) is 6.70. The maximum atomic E-state index is 15.0. The van der Waals surface area contributed by atoms with Gasteiger partial charge in [-0.25, -0.2) is 9.37 Å². The summed E-state index contributed by atoms with van der Waals surface area (Å²) >= 11 is 12.5. The number of nitrogens with two attached hydrogens (primary N) is 1. The summed E-state index contributed by atoms with van der Waals surface area (Å²) in [4.78, 5) is 4.32. The molecule has 0 aliphatic carbocycles. The highest BCUT2D eigenvalue weighted by Crippen LogP contribution is 2.44. The van der Waals surface area contributed by atoms with Gasteiger partial charge in [-0.05, 0) is 42.3 Å². The number of hydrogen-bond acceptors (Lipinski definition) is 5. The lowest BCUT2D eigenvalue weighted by atomic mass is 10.1. The molecule has 5 nitrogen and oxygen atoms in total. The first-order chi connectivity index (χ1) is 14.3. The maximum absolute atomic E-state index is 15.0. The Morgan fingerprint density at radius 2 is 1.77 bits per heavy atom. The van der Waals surface area contributed by atoms with Crippen molar-refractivity contribution in [1.29, 1.82) is 0 Å². The summed E-state index contributed by atoms with van der Waals surface area (Å²) in [7, 11) is 2.85. The Bertz CT molecular complexity index is 1050. The standard InChI is InChI=1S/C22H20Cl2FN3O2/c1-12-5-4-6-15(26)22(12)28-18-8-7-13(11-27-18)9-14(25)19-20(23)16(29-2)10-17(30-3)21(19)24/h4-11H,26H2,1-3H3,(H,27,28)/b14-9-. The van der Waals surface area contributed by atoms with Crippen molar-refractivity contribution in [3.8, 4) is 11.5 Å². The van der Waals surface area contributed by atoms with Gasteiger partial charge in [-0.3, -0.25) is 0 Å². The van der Waals surface area contributed by atoms with Crippen LogP contribution in [0.1, 0.15) is 16.7 Å². The van der Waals surface area contributed by atoms with Gasteiger partial charge in [-0.15, -0.1) is 0 Å². The fourth-order valence-corrected chi connectivity index (χ4v) is 3.55. The average Bonchev–Trinajstić information content (AvgIpc) is 2.72. The Morgan fingerprint density at radius 3 is 2.30 bits per heavy atom. The molecule has 0 amide bonds. The van der Waals surface area contributed by atoms with Gasteiger partial charge in [0.1, 0.15) is 23.1 Å². The molecule has 0 fully saturated rings. The minimum Gasteiger partial charge on any atom is -0.495 e. The predicted octanol–water partition coefficient (Wildman–Crippen LogP) is 6.51. The number of aryl methyl sites for hydroxylation is 1. The monoisotopic (exact) mass is 447 g/mol. The van der Waals surface area contributed by atoms with Crippen LogP contribution in [-0.2, 0) is 0 Å². The largest absolute Gasteiger partial charge is 0.495 e. The van der Waals surface area contributed by atoms with Gasteiger partial charge in [0.25, 0.3) is 0 Å². The van der Waals surface area contributed by atoms with E-state index in [4.69, 9.17) is 38.4 Å². The topological polar surface area (TPSA) is 69.4 Å². The second-order valence-electron chi connectivity index (χ2n) is 6.42. The van der Waals surface area contributed by atoms with Crippen LogP contribution in [0.5, 0.6) is 11.5 Å². The van der Waals surface area contributed by atoms with E-state index in [-0.39, 0.29) is 27.1 Å². The Hall–Kier alpha value is -2.96. The van der Waals surface area contributed by atoms with E-state index in [1.54, 1.807) is 18.2 Å². The van der Waals surface area contributed by atoms with Crippen molar-refractivity contribution < 1.29 is 13.9 Å². The molecule has 0 spiro atoms. The van der Waals surface area contributed by atoms with Crippen LogP contribution in [0.3, 0.4) is 0 Å². The third kappa shape index (κ3) is 4.45. The zero-order chi connectivity index (χ0) is 21.8. The van der Waals surface area contributed by atoms with Crippen LogP contribution in [0.4, 0.5) is 21.6 Å². The minimum atomic E-state index is -0.646. The maximum Gasteiger partial charge on any atom is 0.141 e. The first kappa shape index (κ1) is 21.7. The van der Waals surface area contributed by atoms with Gasteiger partial charge in [0, 0.05) is 12.3 Å². The van der Waals surface area contributed by atoms with Crippen LogP contribution in [0.25, 0.3) is 11.9 Å². The average molecular weight is 448 g/mol. The molecule has 0 bridgehead atoms. The number of anilines is 3. The third-order valence-electron chi connectivity index (χ3n) is 4.45. The lowest BCUT2D eigenvalue weighted by Gasteiger charge is -2.13. The number of nitrogens with zero attached hydrogens (tertiary/aromatic N) is 1. The Morgan fingerprint density at radius 1 is 1.10 bits per heavy atom. The predicted molar refractivity (Wildman–Crippen MR) is 122 cm³/mol. The van der Waals surface area contributed by atoms with Gasteiger partial charge in [-0.1, -0.05) is 35.3 Å². The highest BCUT2D eigenvalue weighted by atomic mass is 35.5. The van der Waals surface area contributed by atoms with Gasteiger partial charge in [0.15, 0.2) is 0 Å². The van der Waals surface area contributed by atoms with Crippen molar-refractivity contribution in [3.63, 3.8) is 0 Å². The minimum absolute atomic E-state index is 0.00980. The van der Waals surface area contributed by atoms with Gasteiger partial charge in [-0.2, -0.15) is 0 Å². The van der Waals surface area contributed by atoms with Crippen LogP contribution in [-0.4, -0.2) is 19.2 Å². The molecule has 3 rings (SSSR count). The number of halogens is 3. The van der Waals surface area contributed by atoms with Crippen LogP contribution in [0.2, 0.25) is 10.0 Å². The van der Waals surface area contributed by atoms with E-state index in [1.165, 1.54) is 32.6 Å². The summed E-state index contributed by atoms with van der Waals surface area (Å²) in [5.41, 5.74) is 8.90. The van der Waals surface area contributed by atoms with Crippen LogP contribution in [0, 0.1) is 6.92 Å². The first-order valence-electron chi connectivity index (χ1n) is 8.91. The molecule has 1 aromatic heterocycles. The number of hydrogen-bond donors (Lipinski definition) is 2. The fourth-order valence-electron chi connectivity index (χ4n) is 2.87. The van der Waals surface area contributed by atoms with E-state index in [9.17, 15) is 0 Å². The molecule has 1 heterocycles. The van der Waals surface area contributed by atoms with Crippen molar-refractivity contribution in [1.82, 2.24) is 4.98 Å². The van der Waals surface area contributed by atoms with Crippen molar-refractivity contribution in [2.75, 3.05) is 25.3 Å². The van der Waals surface area contributed by atoms with Crippen molar-refractivity contribution in [2.24, 2.45) is 0 Å². The molecule has 0 atom stereocenters. The second-order valence-corrected chi connectivity index (χ2v) is 7.17. The molecule has 30 heavy (non-hydrogen) atoms. The molecule has 3 N–H and O–H groups in total. The van der Waals surface area contributed by atoms with Crippen molar-refractivity contribution in [2.45, 2.75) is 6.92 Å². The van der Waals surface area contributed by atoms with E-state index in [0.717, 1.165) is 11.3 Å². The summed E-state index contributed by atoms with van der Waals surface area (Å²) < 4.78 is 25.4.